The zero-order chi connectivity index (χ0) is 14.8. The average molecular weight is 397 g/mol. The van der Waals surface area contributed by atoms with E-state index in [0.29, 0.717) is 0 Å². The third-order valence-electron chi connectivity index (χ3n) is 1.84. The standard InChI is InChI=1S/C9H5F5INO3/c1-18-8(17)5-4(7(10)11)6(3(15)2-16-5)19-9(12,13)14/h2,7H,1H3. The van der Waals surface area contributed by atoms with Gasteiger partial charge in [0.1, 0.15) is 0 Å². The molecule has 0 unspecified atom stereocenters. The molecule has 0 aliphatic rings. The number of esters is 1. The molecule has 1 rings (SSSR count). The van der Waals surface area contributed by atoms with Gasteiger partial charge in [-0.1, -0.05) is 0 Å². The highest BCUT2D eigenvalue weighted by Gasteiger charge is 2.36. The van der Waals surface area contributed by atoms with Crippen LogP contribution in [0.4, 0.5) is 22.0 Å². The molecule has 4 nitrogen and oxygen atoms in total. The molecule has 19 heavy (non-hydrogen) atoms. The Kier molecular flexibility index (Phi) is 4.87. The molecule has 0 amide bonds. The van der Waals surface area contributed by atoms with E-state index in [0.717, 1.165) is 13.3 Å². The highest BCUT2D eigenvalue weighted by atomic mass is 127. The van der Waals surface area contributed by atoms with E-state index in [2.05, 4.69) is 14.5 Å². The summed E-state index contributed by atoms with van der Waals surface area (Å²) in [6, 6.07) is 0. The van der Waals surface area contributed by atoms with Crippen LogP contribution in [0.1, 0.15) is 22.5 Å². The van der Waals surface area contributed by atoms with Crippen LogP contribution >= 0.6 is 22.6 Å². The maximum atomic E-state index is 12.8. The Bertz CT molecular complexity index is 491. The first-order chi connectivity index (χ1) is 8.67. The predicted octanol–water partition coefficient (Wildman–Crippen LogP) is 3.31. The van der Waals surface area contributed by atoms with Crippen molar-refractivity contribution in [1.29, 1.82) is 0 Å². The molecule has 0 bridgehead atoms. The molecule has 106 valence electrons. The smallest absolute Gasteiger partial charge is 0.464 e. The molecule has 0 fully saturated rings. The van der Waals surface area contributed by atoms with Crippen LogP contribution in [0.5, 0.6) is 5.75 Å². The van der Waals surface area contributed by atoms with Gasteiger partial charge in [-0.15, -0.1) is 13.2 Å². The largest absolute Gasteiger partial charge is 0.573 e. The third-order valence-corrected chi connectivity index (χ3v) is 2.61. The van der Waals surface area contributed by atoms with E-state index < -0.39 is 35.8 Å². The molecule has 1 aromatic heterocycles. The fourth-order valence-electron chi connectivity index (χ4n) is 1.17. The van der Waals surface area contributed by atoms with Crippen molar-refractivity contribution in [3.8, 4) is 5.75 Å². The summed E-state index contributed by atoms with van der Waals surface area (Å²) in [6.45, 7) is 0. The zero-order valence-corrected chi connectivity index (χ0v) is 11.3. The van der Waals surface area contributed by atoms with Gasteiger partial charge in [0.25, 0.3) is 6.43 Å². The Morgan fingerprint density at radius 1 is 1.42 bits per heavy atom. The second kappa shape index (κ2) is 5.84. The van der Waals surface area contributed by atoms with Crippen molar-refractivity contribution in [1.82, 2.24) is 4.98 Å². The summed E-state index contributed by atoms with van der Waals surface area (Å²) in [5.74, 6) is -2.43. The topological polar surface area (TPSA) is 48.4 Å². The van der Waals surface area contributed by atoms with E-state index in [-0.39, 0.29) is 3.57 Å². The van der Waals surface area contributed by atoms with Crippen molar-refractivity contribution < 1.29 is 36.2 Å². The van der Waals surface area contributed by atoms with E-state index in [1.807, 2.05) is 0 Å². The molecular weight excluding hydrogens is 392 g/mol. The number of pyridine rings is 1. The zero-order valence-electron chi connectivity index (χ0n) is 9.09. The number of alkyl halides is 5. The van der Waals surface area contributed by atoms with Gasteiger partial charge in [-0.05, 0) is 22.6 Å². The number of methoxy groups -OCH3 is 1. The molecule has 0 atom stereocenters. The van der Waals surface area contributed by atoms with Gasteiger partial charge in [-0.3, -0.25) is 0 Å². The lowest BCUT2D eigenvalue weighted by molar-refractivity contribution is -0.275. The first-order valence-electron chi connectivity index (χ1n) is 4.48. The van der Waals surface area contributed by atoms with Crippen LogP contribution in [0.3, 0.4) is 0 Å². The molecule has 0 saturated carbocycles. The number of rotatable bonds is 3. The SMILES string of the molecule is COC(=O)c1ncc(I)c(OC(F)(F)F)c1C(F)F. The lowest BCUT2D eigenvalue weighted by atomic mass is 10.2. The number of carbonyl (C=O) groups is 1. The summed E-state index contributed by atoms with van der Waals surface area (Å²) in [6.07, 6.45) is -7.74. The Hall–Kier alpha value is -1.20. The number of hydrogen-bond acceptors (Lipinski definition) is 4. The van der Waals surface area contributed by atoms with E-state index in [4.69, 9.17) is 0 Å². The highest BCUT2D eigenvalue weighted by molar-refractivity contribution is 14.1. The number of carbonyl (C=O) groups excluding carboxylic acids is 1. The van der Waals surface area contributed by atoms with Crippen molar-refractivity contribution in [3.63, 3.8) is 0 Å². The number of aromatic nitrogens is 1. The summed E-state index contributed by atoms with van der Waals surface area (Å²) in [7, 11) is 0.890. The minimum absolute atomic E-state index is 0.308. The van der Waals surface area contributed by atoms with Gasteiger partial charge in [0.15, 0.2) is 11.4 Å². The van der Waals surface area contributed by atoms with Gasteiger partial charge >= 0.3 is 12.3 Å². The van der Waals surface area contributed by atoms with E-state index in [1.54, 1.807) is 0 Å². The van der Waals surface area contributed by atoms with Crippen molar-refractivity contribution >= 4 is 28.6 Å². The number of ether oxygens (including phenoxy) is 2. The van der Waals surface area contributed by atoms with Crippen LogP contribution in [0.15, 0.2) is 6.20 Å². The Morgan fingerprint density at radius 3 is 2.42 bits per heavy atom. The van der Waals surface area contributed by atoms with Crippen molar-refractivity contribution in [2.24, 2.45) is 0 Å². The first-order valence-corrected chi connectivity index (χ1v) is 5.56. The average Bonchev–Trinajstić information content (AvgIpc) is 2.28. The van der Waals surface area contributed by atoms with E-state index in [9.17, 15) is 26.7 Å². The van der Waals surface area contributed by atoms with Crippen molar-refractivity contribution in [2.75, 3.05) is 7.11 Å². The molecule has 0 saturated heterocycles. The molecule has 10 heteroatoms. The highest BCUT2D eigenvalue weighted by Crippen LogP contribution is 2.38. The van der Waals surface area contributed by atoms with Gasteiger partial charge < -0.3 is 9.47 Å². The summed E-state index contributed by atoms with van der Waals surface area (Å²) in [4.78, 5) is 14.6. The van der Waals surface area contributed by atoms with Crippen LogP contribution in [-0.4, -0.2) is 24.4 Å². The van der Waals surface area contributed by atoms with Gasteiger partial charge in [-0.2, -0.15) is 0 Å². The van der Waals surface area contributed by atoms with Gasteiger partial charge in [-0.25, -0.2) is 18.6 Å². The van der Waals surface area contributed by atoms with Crippen LogP contribution in [0.25, 0.3) is 0 Å². The second-order valence-electron chi connectivity index (χ2n) is 3.04. The molecule has 0 spiro atoms. The van der Waals surface area contributed by atoms with Crippen LogP contribution < -0.4 is 4.74 Å². The third kappa shape index (κ3) is 3.88. The lowest BCUT2D eigenvalue weighted by Crippen LogP contribution is -2.21. The minimum atomic E-state index is -5.17. The Balaban J connectivity index is 3.46. The summed E-state index contributed by atoms with van der Waals surface area (Å²) in [5, 5.41) is 0. The molecule has 1 heterocycles. The number of nitrogens with zero attached hydrogens (tertiary/aromatic N) is 1. The predicted molar refractivity (Wildman–Crippen MR) is 59.9 cm³/mol. The molecule has 1 aromatic rings. The quantitative estimate of drug-likeness (QED) is 0.446. The Labute approximate surface area is 117 Å². The first kappa shape index (κ1) is 15.9. The van der Waals surface area contributed by atoms with Crippen LogP contribution in [0.2, 0.25) is 0 Å². The maximum Gasteiger partial charge on any atom is 0.573 e. The summed E-state index contributed by atoms with van der Waals surface area (Å²) >= 11 is 1.34. The monoisotopic (exact) mass is 397 g/mol. The van der Waals surface area contributed by atoms with Crippen LogP contribution in [0, 0.1) is 3.57 Å². The molecule has 0 N–H and O–H groups in total. The molecule has 0 aromatic carbocycles. The van der Waals surface area contributed by atoms with Gasteiger partial charge in [0.05, 0.1) is 16.2 Å². The molecule has 0 radical (unpaired) electrons. The fourth-order valence-corrected chi connectivity index (χ4v) is 1.71. The fraction of sp³-hybridized carbons (Fsp3) is 0.333. The Morgan fingerprint density at radius 2 is 2.00 bits per heavy atom. The van der Waals surface area contributed by atoms with Crippen molar-refractivity contribution in [3.05, 3.63) is 21.0 Å². The van der Waals surface area contributed by atoms with Gasteiger partial charge in [0.2, 0.25) is 0 Å². The second-order valence-corrected chi connectivity index (χ2v) is 4.20. The number of halogens is 6. The maximum absolute atomic E-state index is 12.8. The number of hydrogen-bond donors (Lipinski definition) is 0. The molecular formula is C9H5F5INO3. The molecule has 0 aliphatic heterocycles. The van der Waals surface area contributed by atoms with Crippen molar-refractivity contribution in [2.45, 2.75) is 12.8 Å². The van der Waals surface area contributed by atoms with E-state index in [1.165, 1.54) is 22.6 Å². The summed E-state index contributed by atoms with van der Waals surface area (Å²) in [5.41, 5.74) is -2.17. The van der Waals surface area contributed by atoms with Gasteiger partial charge in [0, 0.05) is 6.20 Å². The van der Waals surface area contributed by atoms with E-state index >= 15 is 0 Å². The minimum Gasteiger partial charge on any atom is -0.464 e. The van der Waals surface area contributed by atoms with Crippen LogP contribution in [-0.2, 0) is 4.74 Å². The summed E-state index contributed by atoms with van der Waals surface area (Å²) < 4.78 is 69.6. The molecule has 0 aliphatic carbocycles. The normalized spacial score (nSPS) is 11.6. The lowest BCUT2D eigenvalue weighted by Gasteiger charge is -2.16.